The normalized spacial score (nSPS) is 15.8. The van der Waals surface area contributed by atoms with Crippen molar-refractivity contribution in [2.45, 2.75) is 25.3 Å². The number of aromatic nitrogens is 3. The van der Waals surface area contributed by atoms with Crippen LogP contribution in [0.4, 0.5) is 0 Å². The predicted molar refractivity (Wildman–Crippen MR) is 103 cm³/mol. The lowest BCUT2D eigenvalue weighted by atomic mass is 9.96. The summed E-state index contributed by atoms with van der Waals surface area (Å²) in [4.78, 5) is 11.2. The molecule has 6 nitrogen and oxygen atoms in total. The molecule has 2 aromatic heterocycles. The van der Waals surface area contributed by atoms with Gasteiger partial charge in [0.05, 0.1) is 7.11 Å². The number of hydrogen-bond acceptors (Lipinski definition) is 6. The van der Waals surface area contributed by atoms with Crippen LogP contribution in [-0.2, 0) is 6.54 Å². The molecule has 140 valence electrons. The maximum Gasteiger partial charge on any atom is 0.230 e. The molecule has 1 aliphatic heterocycles. The van der Waals surface area contributed by atoms with E-state index in [4.69, 9.17) is 20.9 Å². The second kappa shape index (κ2) is 8.06. The van der Waals surface area contributed by atoms with Crippen LogP contribution in [0.25, 0.3) is 11.5 Å². The van der Waals surface area contributed by atoms with Crippen molar-refractivity contribution >= 4 is 11.6 Å². The molecule has 4 rings (SSSR count). The Bertz CT molecular complexity index is 892. The van der Waals surface area contributed by atoms with Crippen molar-refractivity contribution < 1.29 is 9.26 Å². The number of nitrogens with zero attached hydrogens (tertiary/aromatic N) is 4. The van der Waals surface area contributed by atoms with Gasteiger partial charge in [-0.25, -0.2) is 0 Å². The molecule has 3 aromatic rings. The molecular weight excluding hydrogens is 364 g/mol. The Balaban J connectivity index is 1.37. The van der Waals surface area contributed by atoms with Gasteiger partial charge in [-0.05, 0) is 61.8 Å². The highest BCUT2D eigenvalue weighted by Crippen LogP contribution is 2.30. The predicted octanol–water partition coefficient (Wildman–Crippen LogP) is 4.17. The fourth-order valence-electron chi connectivity index (χ4n) is 3.38. The van der Waals surface area contributed by atoms with Gasteiger partial charge in [0.15, 0.2) is 0 Å². The highest BCUT2D eigenvalue weighted by Gasteiger charge is 2.26. The minimum atomic E-state index is 0.284. The van der Waals surface area contributed by atoms with E-state index in [9.17, 15) is 0 Å². The average Bonchev–Trinajstić information content (AvgIpc) is 3.21. The summed E-state index contributed by atoms with van der Waals surface area (Å²) >= 11 is 6.34. The standard InChI is InChI=1S/C20H21ClN4O2/c1-26-16-5-6-17(21)15(12-16)13-25-10-7-14(8-11-25)20-23-19(24-27-20)18-4-2-3-9-22-18/h2-6,9,12,14H,7-8,10-11,13H2,1H3. The van der Waals surface area contributed by atoms with E-state index in [2.05, 4.69) is 20.0 Å². The van der Waals surface area contributed by atoms with Crippen molar-refractivity contribution in [1.29, 1.82) is 0 Å². The van der Waals surface area contributed by atoms with Crippen LogP contribution >= 0.6 is 11.6 Å². The molecule has 1 aromatic carbocycles. The van der Waals surface area contributed by atoms with E-state index in [0.29, 0.717) is 11.7 Å². The van der Waals surface area contributed by atoms with Crippen LogP contribution in [0.15, 0.2) is 47.1 Å². The second-order valence-electron chi connectivity index (χ2n) is 6.68. The first-order valence-corrected chi connectivity index (χ1v) is 9.40. The number of methoxy groups -OCH3 is 1. The number of halogens is 1. The quantitative estimate of drug-likeness (QED) is 0.657. The Kier molecular flexibility index (Phi) is 5.36. The summed E-state index contributed by atoms with van der Waals surface area (Å²) in [7, 11) is 1.67. The van der Waals surface area contributed by atoms with Crippen molar-refractivity contribution in [3.05, 3.63) is 59.1 Å². The van der Waals surface area contributed by atoms with Gasteiger partial charge < -0.3 is 9.26 Å². The molecule has 7 heteroatoms. The Morgan fingerprint density at radius 2 is 2.07 bits per heavy atom. The molecule has 27 heavy (non-hydrogen) atoms. The Labute approximate surface area is 163 Å². The van der Waals surface area contributed by atoms with E-state index in [1.807, 2.05) is 36.4 Å². The number of hydrogen-bond donors (Lipinski definition) is 0. The zero-order valence-corrected chi connectivity index (χ0v) is 15.9. The summed E-state index contributed by atoms with van der Waals surface area (Å²) in [5.74, 6) is 2.37. The molecule has 0 saturated carbocycles. The van der Waals surface area contributed by atoms with Crippen LogP contribution in [0, 0.1) is 0 Å². The van der Waals surface area contributed by atoms with Gasteiger partial charge in [0.1, 0.15) is 11.4 Å². The third-order valence-electron chi connectivity index (χ3n) is 4.92. The summed E-state index contributed by atoms with van der Waals surface area (Å²) in [5.41, 5.74) is 1.82. The molecule has 0 amide bonds. The lowest BCUT2D eigenvalue weighted by Gasteiger charge is -2.30. The lowest BCUT2D eigenvalue weighted by molar-refractivity contribution is 0.187. The third kappa shape index (κ3) is 4.12. The van der Waals surface area contributed by atoms with Gasteiger partial charge in [0.2, 0.25) is 11.7 Å². The van der Waals surface area contributed by atoms with Crippen molar-refractivity contribution in [2.75, 3.05) is 20.2 Å². The first-order valence-electron chi connectivity index (χ1n) is 9.02. The van der Waals surface area contributed by atoms with Gasteiger partial charge in [-0.1, -0.05) is 22.8 Å². The van der Waals surface area contributed by atoms with Gasteiger partial charge in [0.25, 0.3) is 0 Å². The maximum atomic E-state index is 6.34. The largest absolute Gasteiger partial charge is 0.497 e. The zero-order chi connectivity index (χ0) is 18.6. The molecule has 0 aliphatic carbocycles. The Hall–Kier alpha value is -2.44. The van der Waals surface area contributed by atoms with E-state index in [0.717, 1.165) is 54.5 Å². The van der Waals surface area contributed by atoms with Crippen molar-refractivity contribution in [3.8, 4) is 17.3 Å². The van der Waals surface area contributed by atoms with E-state index in [1.165, 1.54) is 0 Å². The number of pyridine rings is 1. The third-order valence-corrected chi connectivity index (χ3v) is 5.29. The Morgan fingerprint density at radius 1 is 1.22 bits per heavy atom. The number of rotatable bonds is 5. The maximum absolute atomic E-state index is 6.34. The summed E-state index contributed by atoms with van der Waals surface area (Å²) in [6.07, 6.45) is 3.68. The SMILES string of the molecule is COc1ccc(Cl)c(CN2CCC(c3nc(-c4ccccn4)no3)CC2)c1. The van der Waals surface area contributed by atoms with Crippen LogP contribution in [0.5, 0.6) is 5.75 Å². The fraction of sp³-hybridized carbons (Fsp3) is 0.350. The molecule has 0 unspecified atom stereocenters. The molecule has 0 spiro atoms. The van der Waals surface area contributed by atoms with E-state index in [1.54, 1.807) is 13.3 Å². The minimum absolute atomic E-state index is 0.284. The van der Waals surface area contributed by atoms with E-state index in [-0.39, 0.29) is 5.92 Å². The molecule has 0 atom stereocenters. The minimum Gasteiger partial charge on any atom is -0.497 e. The molecule has 0 bridgehead atoms. The van der Waals surface area contributed by atoms with Crippen molar-refractivity contribution in [1.82, 2.24) is 20.0 Å². The molecule has 0 N–H and O–H groups in total. The van der Waals surface area contributed by atoms with Crippen LogP contribution in [-0.4, -0.2) is 40.2 Å². The molecule has 1 fully saturated rings. The fourth-order valence-corrected chi connectivity index (χ4v) is 3.56. The van der Waals surface area contributed by atoms with E-state index >= 15 is 0 Å². The lowest BCUT2D eigenvalue weighted by Crippen LogP contribution is -2.32. The van der Waals surface area contributed by atoms with Crippen LogP contribution in [0.3, 0.4) is 0 Å². The number of likely N-dealkylation sites (tertiary alicyclic amines) is 1. The molecule has 3 heterocycles. The monoisotopic (exact) mass is 384 g/mol. The average molecular weight is 385 g/mol. The highest BCUT2D eigenvalue weighted by atomic mass is 35.5. The molecule has 1 aliphatic rings. The second-order valence-corrected chi connectivity index (χ2v) is 7.09. The summed E-state index contributed by atoms with van der Waals surface area (Å²) < 4.78 is 10.8. The van der Waals surface area contributed by atoms with Crippen LogP contribution < -0.4 is 4.74 Å². The number of ether oxygens (including phenoxy) is 1. The van der Waals surface area contributed by atoms with Gasteiger partial charge in [-0.15, -0.1) is 0 Å². The van der Waals surface area contributed by atoms with Crippen LogP contribution in [0.1, 0.15) is 30.2 Å². The summed E-state index contributed by atoms with van der Waals surface area (Å²) in [6.45, 7) is 2.73. The van der Waals surface area contributed by atoms with Crippen molar-refractivity contribution in [3.63, 3.8) is 0 Å². The summed E-state index contributed by atoms with van der Waals surface area (Å²) in [6, 6.07) is 11.4. The molecule has 0 radical (unpaired) electrons. The van der Waals surface area contributed by atoms with Gasteiger partial charge >= 0.3 is 0 Å². The van der Waals surface area contributed by atoms with E-state index < -0.39 is 0 Å². The van der Waals surface area contributed by atoms with Crippen LogP contribution in [0.2, 0.25) is 5.02 Å². The smallest absolute Gasteiger partial charge is 0.230 e. The van der Waals surface area contributed by atoms with Crippen molar-refractivity contribution in [2.24, 2.45) is 0 Å². The van der Waals surface area contributed by atoms with Gasteiger partial charge in [-0.3, -0.25) is 9.88 Å². The van der Waals surface area contributed by atoms with Gasteiger partial charge in [0, 0.05) is 23.7 Å². The first kappa shape index (κ1) is 17.9. The number of piperidine rings is 1. The van der Waals surface area contributed by atoms with Gasteiger partial charge in [-0.2, -0.15) is 4.98 Å². The first-order chi connectivity index (χ1) is 13.2. The topological polar surface area (TPSA) is 64.3 Å². The molecule has 1 saturated heterocycles. The Morgan fingerprint density at radius 3 is 2.81 bits per heavy atom. The molecular formula is C20H21ClN4O2. The number of benzene rings is 1. The summed E-state index contributed by atoms with van der Waals surface area (Å²) in [5, 5.41) is 4.86. The zero-order valence-electron chi connectivity index (χ0n) is 15.1. The highest BCUT2D eigenvalue weighted by molar-refractivity contribution is 6.31.